The normalized spacial score (nSPS) is 11.9. The van der Waals surface area contributed by atoms with Crippen molar-refractivity contribution < 1.29 is 19.0 Å². The van der Waals surface area contributed by atoms with Crippen LogP contribution in [0.25, 0.3) is 32.6 Å². The summed E-state index contributed by atoms with van der Waals surface area (Å²) in [5, 5.41) is 22.0. The molecule has 112 valence electrons. The average Bonchev–Trinajstić information content (AvgIpc) is 2.57. The van der Waals surface area contributed by atoms with Gasteiger partial charge in [-0.05, 0) is 41.0 Å². The van der Waals surface area contributed by atoms with Gasteiger partial charge in [-0.2, -0.15) is 0 Å². The number of benzene rings is 3. The monoisotopic (exact) mass is 323 g/mol. The van der Waals surface area contributed by atoms with Gasteiger partial charge in [-0.1, -0.05) is 24.3 Å². The minimum absolute atomic E-state index is 0.0125. The number of fused-ring (bicyclic) bond motifs is 3. The fourth-order valence-electron chi connectivity index (χ4n) is 2.82. The van der Waals surface area contributed by atoms with Crippen LogP contribution in [-0.4, -0.2) is 10.2 Å². The first-order chi connectivity index (χ1) is 11.1. The molecule has 23 heavy (non-hydrogen) atoms. The summed E-state index contributed by atoms with van der Waals surface area (Å²) in [6.07, 6.45) is 0. The summed E-state index contributed by atoms with van der Waals surface area (Å²) in [4.78, 5) is 0. The van der Waals surface area contributed by atoms with Crippen LogP contribution in [0.2, 0.25) is 0 Å². The van der Waals surface area contributed by atoms with Crippen LogP contribution in [0.4, 0.5) is 0 Å². The van der Waals surface area contributed by atoms with Crippen LogP contribution >= 0.6 is 7.65 Å². The Morgan fingerprint density at radius 2 is 1.61 bits per heavy atom. The largest absolute Gasteiger partial charge is 0.598 e. The zero-order chi connectivity index (χ0) is 16.0. The van der Waals surface area contributed by atoms with Crippen molar-refractivity contribution in [2.75, 3.05) is 0 Å². The van der Waals surface area contributed by atoms with Crippen molar-refractivity contribution in [2.45, 2.75) is 0 Å². The van der Waals surface area contributed by atoms with Crippen molar-refractivity contribution in [3.63, 3.8) is 0 Å². The molecule has 0 aliphatic rings. The lowest BCUT2D eigenvalue weighted by Crippen LogP contribution is -1.83. The highest BCUT2D eigenvalue weighted by molar-refractivity contribution is 7.37. The average molecular weight is 323 g/mol. The number of para-hydroxylation sites is 1. The number of aromatic hydroxyl groups is 2. The summed E-state index contributed by atoms with van der Waals surface area (Å²) in [5.74, 6) is 0.0428. The van der Waals surface area contributed by atoms with Gasteiger partial charge in [-0.15, -0.1) is 0 Å². The zero-order valence-electron chi connectivity index (χ0n) is 11.9. The van der Waals surface area contributed by atoms with Crippen LogP contribution in [0.5, 0.6) is 11.5 Å². The predicted octanol–water partition coefficient (Wildman–Crippen LogP) is 5.41. The SMILES string of the molecule is O=[p+]1oc2ccccc2c2cccc(-c3cc(O)ccc3O)c21. The van der Waals surface area contributed by atoms with Crippen molar-refractivity contribution in [2.24, 2.45) is 0 Å². The van der Waals surface area contributed by atoms with Gasteiger partial charge >= 0.3 is 7.65 Å². The fraction of sp³-hybridized carbons (Fsp3) is 0. The smallest absolute Gasteiger partial charge is 0.508 e. The topological polar surface area (TPSA) is 70.7 Å². The van der Waals surface area contributed by atoms with E-state index < -0.39 is 7.65 Å². The molecule has 4 nitrogen and oxygen atoms in total. The maximum absolute atomic E-state index is 12.6. The molecular formula is C18H12O4P+. The van der Waals surface area contributed by atoms with Crippen molar-refractivity contribution >= 4 is 29.1 Å². The van der Waals surface area contributed by atoms with Gasteiger partial charge in [0.2, 0.25) is 5.12 Å². The number of phenolic OH excluding ortho intramolecular Hbond substituents is 2. The first kappa shape index (κ1) is 13.8. The molecule has 4 rings (SSSR count). The molecule has 1 unspecified atom stereocenters. The van der Waals surface area contributed by atoms with Crippen molar-refractivity contribution in [1.29, 1.82) is 0 Å². The van der Waals surface area contributed by atoms with E-state index in [1.54, 1.807) is 12.1 Å². The Morgan fingerprint density at radius 3 is 2.48 bits per heavy atom. The molecular weight excluding hydrogens is 311 g/mol. The van der Waals surface area contributed by atoms with Crippen LogP contribution in [-0.2, 0) is 4.57 Å². The van der Waals surface area contributed by atoms with E-state index in [0.29, 0.717) is 21.8 Å². The molecule has 2 N–H and O–H groups in total. The second-order valence-electron chi connectivity index (χ2n) is 5.25. The summed E-state index contributed by atoms with van der Waals surface area (Å²) < 4.78 is 18.2. The molecule has 0 aliphatic carbocycles. The third-order valence-corrected chi connectivity index (χ3v) is 5.06. The Bertz CT molecular complexity index is 1110. The highest BCUT2D eigenvalue weighted by atomic mass is 31.1. The van der Waals surface area contributed by atoms with Gasteiger partial charge in [-0.3, -0.25) is 0 Å². The maximum Gasteiger partial charge on any atom is 0.598 e. The van der Waals surface area contributed by atoms with E-state index in [1.165, 1.54) is 18.2 Å². The molecule has 4 aromatic rings. The summed E-state index contributed by atoms with van der Waals surface area (Å²) >= 11 is 0. The van der Waals surface area contributed by atoms with Gasteiger partial charge in [0.25, 0.3) is 0 Å². The van der Waals surface area contributed by atoms with Crippen LogP contribution in [0.1, 0.15) is 0 Å². The lowest BCUT2D eigenvalue weighted by molar-refractivity contribution is 0.462. The van der Waals surface area contributed by atoms with Crippen LogP contribution in [0, 0.1) is 0 Å². The number of hydrogen-bond donors (Lipinski definition) is 2. The molecule has 0 spiro atoms. The summed E-state index contributed by atoms with van der Waals surface area (Å²) in [7, 11) is -2.10. The highest BCUT2D eigenvalue weighted by Crippen LogP contribution is 2.44. The molecule has 0 fully saturated rings. The Labute approximate surface area is 132 Å². The van der Waals surface area contributed by atoms with E-state index in [0.717, 1.165) is 10.8 Å². The minimum atomic E-state index is -2.10. The summed E-state index contributed by atoms with van der Waals surface area (Å²) in [6, 6.07) is 17.2. The molecule has 0 saturated heterocycles. The molecule has 1 heterocycles. The molecule has 0 radical (unpaired) electrons. The molecule has 0 amide bonds. The zero-order valence-corrected chi connectivity index (χ0v) is 12.8. The van der Waals surface area contributed by atoms with Gasteiger partial charge < -0.3 is 10.2 Å². The number of rotatable bonds is 1. The second-order valence-corrected chi connectivity index (χ2v) is 6.39. The quantitative estimate of drug-likeness (QED) is 0.363. The lowest BCUT2D eigenvalue weighted by Gasteiger charge is -2.06. The molecule has 1 aromatic heterocycles. The fourth-order valence-corrected chi connectivity index (χ4v) is 4.03. The van der Waals surface area contributed by atoms with Gasteiger partial charge in [0.15, 0.2) is 5.58 Å². The van der Waals surface area contributed by atoms with Gasteiger partial charge in [0.05, 0.1) is 0 Å². The summed E-state index contributed by atoms with van der Waals surface area (Å²) in [6.45, 7) is 0. The Morgan fingerprint density at radius 1 is 0.826 bits per heavy atom. The van der Waals surface area contributed by atoms with E-state index >= 15 is 0 Å². The van der Waals surface area contributed by atoms with E-state index in [9.17, 15) is 14.8 Å². The van der Waals surface area contributed by atoms with Gasteiger partial charge in [-0.25, -0.2) is 4.20 Å². The van der Waals surface area contributed by atoms with Gasteiger partial charge in [0, 0.05) is 21.9 Å². The van der Waals surface area contributed by atoms with Crippen molar-refractivity contribution in [3.05, 3.63) is 60.7 Å². The maximum atomic E-state index is 12.6. The van der Waals surface area contributed by atoms with E-state index in [2.05, 4.69) is 0 Å². The van der Waals surface area contributed by atoms with Crippen molar-refractivity contribution in [3.8, 4) is 22.6 Å². The first-order valence-electron chi connectivity index (χ1n) is 7.05. The van der Waals surface area contributed by atoms with Crippen LogP contribution in [0.15, 0.2) is 64.9 Å². The Balaban J connectivity index is 2.19. The molecule has 0 bridgehead atoms. The lowest BCUT2D eigenvalue weighted by atomic mass is 10.0. The third-order valence-electron chi connectivity index (χ3n) is 3.85. The van der Waals surface area contributed by atoms with E-state index in [-0.39, 0.29) is 11.5 Å². The molecule has 5 heteroatoms. The van der Waals surface area contributed by atoms with Crippen molar-refractivity contribution in [1.82, 2.24) is 0 Å². The third kappa shape index (κ3) is 2.16. The second kappa shape index (κ2) is 5.11. The number of phenols is 2. The molecule has 0 aliphatic heterocycles. The predicted molar refractivity (Wildman–Crippen MR) is 90.1 cm³/mol. The Hall–Kier alpha value is -2.84. The van der Waals surface area contributed by atoms with E-state index in [1.807, 2.05) is 30.3 Å². The standard InChI is InChI=1S/C18H11O4P/c19-11-8-9-16(20)15(10-11)14-6-3-5-13-12-4-1-2-7-17(12)22-23(21)18(13)14/h1-10H,(H-,19,20,21)/p+1. The molecule has 1 atom stereocenters. The van der Waals surface area contributed by atoms with Crippen LogP contribution in [0.3, 0.4) is 0 Å². The molecule has 0 saturated carbocycles. The van der Waals surface area contributed by atoms with Crippen LogP contribution < -0.4 is 0 Å². The highest BCUT2D eigenvalue weighted by Gasteiger charge is 2.22. The Kier molecular flexibility index (Phi) is 3.07. The summed E-state index contributed by atoms with van der Waals surface area (Å²) in [5.41, 5.74) is 1.60. The minimum Gasteiger partial charge on any atom is -0.508 e. The van der Waals surface area contributed by atoms with E-state index in [4.69, 9.17) is 4.20 Å². The van der Waals surface area contributed by atoms with Gasteiger partial charge in [0.1, 0.15) is 11.5 Å². The first-order valence-corrected chi connectivity index (χ1v) is 8.23. The molecule has 3 aromatic carbocycles. The number of hydrogen-bond acceptors (Lipinski definition) is 4.